The summed E-state index contributed by atoms with van der Waals surface area (Å²) in [7, 11) is -4.36. The first kappa shape index (κ1) is 31.0. The second-order valence-corrected chi connectivity index (χ2v) is 11.5. The normalized spacial score (nSPS) is 20.5. The number of para-hydroxylation sites is 1. The molecule has 224 valence electrons. The Labute approximate surface area is 241 Å². The predicted octanol–water partition coefficient (Wildman–Crippen LogP) is 2.43. The van der Waals surface area contributed by atoms with Crippen molar-refractivity contribution in [3.05, 3.63) is 54.5 Å². The minimum absolute atomic E-state index is 0.158. The zero-order valence-corrected chi connectivity index (χ0v) is 23.9. The molecule has 15 nitrogen and oxygen atoms in total. The minimum Gasteiger partial charge on any atom is -0.462 e. The van der Waals surface area contributed by atoms with Crippen LogP contribution in [0.15, 0.2) is 48.9 Å². The lowest BCUT2D eigenvalue weighted by molar-refractivity contribution is -0.149. The van der Waals surface area contributed by atoms with E-state index in [2.05, 4.69) is 19.8 Å². The van der Waals surface area contributed by atoms with E-state index in [1.54, 1.807) is 54.8 Å². The highest BCUT2D eigenvalue weighted by Gasteiger charge is 2.40. The summed E-state index contributed by atoms with van der Waals surface area (Å²) in [5.74, 6) is -1.19. The molecule has 1 saturated heterocycles. The summed E-state index contributed by atoms with van der Waals surface area (Å²) in [6.07, 6.45) is 0.373. The fourth-order valence-corrected chi connectivity index (χ4v) is 5.78. The Kier molecular flexibility index (Phi) is 10.2. The van der Waals surface area contributed by atoms with E-state index in [1.165, 1.54) is 12.5 Å². The van der Waals surface area contributed by atoms with E-state index in [0.29, 0.717) is 23.1 Å². The number of Topliss-reactive ketones (excluding diaryl/α,β-unsaturated/α-hetero) is 1. The molecule has 1 aliphatic rings. The number of fused-ring (bicyclic) bond motifs is 1. The number of pyridine rings is 1. The molecule has 0 saturated carbocycles. The number of nitrogens with two attached hydrogens (primary N) is 1. The molecule has 4 N–H and O–H groups in total. The maximum atomic E-state index is 14.0. The van der Waals surface area contributed by atoms with Gasteiger partial charge in [0.15, 0.2) is 5.65 Å². The van der Waals surface area contributed by atoms with Crippen LogP contribution in [0.2, 0.25) is 0 Å². The highest BCUT2D eigenvalue weighted by atomic mass is 31.2. The topological polar surface area (TPSA) is 214 Å². The molecule has 1 aromatic carbocycles. The van der Waals surface area contributed by atoms with E-state index in [0.717, 1.165) is 0 Å². The fraction of sp³-hybridized carbons (Fsp3) is 0.423. The van der Waals surface area contributed by atoms with Crippen LogP contribution in [0.5, 0.6) is 5.75 Å². The van der Waals surface area contributed by atoms with Gasteiger partial charge in [0.25, 0.3) is 0 Å². The molecule has 1 aliphatic heterocycles. The van der Waals surface area contributed by atoms with Crippen LogP contribution in [-0.2, 0) is 28.2 Å². The van der Waals surface area contributed by atoms with Crippen molar-refractivity contribution < 1.29 is 42.6 Å². The van der Waals surface area contributed by atoms with E-state index in [-0.39, 0.29) is 31.6 Å². The molecular formula is C26H32N7O8P. The molecule has 0 spiro atoms. The van der Waals surface area contributed by atoms with Crippen molar-refractivity contribution in [1.82, 2.24) is 19.6 Å². The van der Waals surface area contributed by atoms with Crippen molar-refractivity contribution in [2.24, 2.45) is 0 Å². The Balaban J connectivity index is 1.52. The molecule has 2 unspecified atom stereocenters. The lowest BCUT2D eigenvalue weighted by Crippen LogP contribution is -2.40. The van der Waals surface area contributed by atoms with E-state index >= 15 is 0 Å². The maximum Gasteiger partial charge on any atom is 0.459 e. The Morgan fingerprint density at radius 3 is 2.79 bits per heavy atom. The first-order chi connectivity index (χ1) is 20.1. The van der Waals surface area contributed by atoms with Gasteiger partial charge in [0.2, 0.25) is 5.78 Å². The second-order valence-electron chi connectivity index (χ2n) is 9.77. The van der Waals surface area contributed by atoms with E-state index in [4.69, 9.17) is 29.8 Å². The van der Waals surface area contributed by atoms with Crippen molar-refractivity contribution in [1.29, 1.82) is 0 Å². The highest BCUT2D eigenvalue weighted by Crippen LogP contribution is 2.46. The highest BCUT2D eigenvalue weighted by molar-refractivity contribution is 7.52. The number of rotatable bonds is 14. The summed E-state index contributed by atoms with van der Waals surface area (Å²) in [6, 6.07) is 8.45. The fourth-order valence-electron chi connectivity index (χ4n) is 4.24. The Morgan fingerprint density at radius 1 is 1.31 bits per heavy atom. The average molecular weight is 602 g/mol. The first-order valence-corrected chi connectivity index (χ1v) is 14.7. The quantitative estimate of drug-likeness (QED) is 0.0799. The average Bonchev–Trinajstić information content (AvgIpc) is 3.54. The van der Waals surface area contributed by atoms with E-state index in [9.17, 15) is 19.3 Å². The van der Waals surface area contributed by atoms with Gasteiger partial charge in [0.05, 0.1) is 30.8 Å². The zero-order valence-electron chi connectivity index (χ0n) is 23.0. The van der Waals surface area contributed by atoms with Gasteiger partial charge < -0.3 is 30.4 Å². The summed E-state index contributed by atoms with van der Waals surface area (Å²) in [4.78, 5) is 36.1. The number of nitrogens with one attached hydrogen (secondary N) is 1. The molecule has 2 aromatic heterocycles. The van der Waals surface area contributed by atoms with Crippen LogP contribution in [0.4, 0.5) is 5.69 Å². The number of ketones is 1. The third-order valence-electron chi connectivity index (χ3n) is 6.22. The van der Waals surface area contributed by atoms with Crippen LogP contribution in [-0.4, -0.2) is 73.4 Å². The Morgan fingerprint density at radius 2 is 2.07 bits per heavy atom. The molecule has 0 aliphatic carbocycles. The largest absolute Gasteiger partial charge is 0.462 e. The van der Waals surface area contributed by atoms with Crippen molar-refractivity contribution in [3.8, 4) is 5.75 Å². The molecule has 0 bridgehead atoms. The molecule has 16 heteroatoms. The van der Waals surface area contributed by atoms with Crippen LogP contribution in [0, 0.1) is 0 Å². The van der Waals surface area contributed by atoms with Gasteiger partial charge in [-0.2, -0.15) is 9.88 Å². The zero-order chi connectivity index (χ0) is 30.3. The molecule has 1 fully saturated rings. The van der Waals surface area contributed by atoms with Gasteiger partial charge in [-0.05, 0) is 38.5 Å². The number of ether oxygens (including phenoxy) is 2. The third kappa shape index (κ3) is 7.85. The molecule has 0 amide bonds. The maximum absolute atomic E-state index is 14.0. The number of anilines is 1. The molecule has 3 aromatic rings. The molecule has 5 atom stereocenters. The van der Waals surface area contributed by atoms with Gasteiger partial charge >= 0.3 is 19.9 Å². The van der Waals surface area contributed by atoms with Crippen LogP contribution in [0.25, 0.3) is 16.7 Å². The number of aromatic nitrogens is 3. The van der Waals surface area contributed by atoms with Crippen LogP contribution < -0.4 is 15.3 Å². The molecular weight excluding hydrogens is 569 g/mol. The van der Waals surface area contributed by atoms with Gasteiger partial charge in [0.1, 0.15) is 29.6 Å². The number of imidazole rings is 1. The van der Waals surface area contributed by atoms with Gasteiger partial charge in [-0.1, -0.05) is 18.2 Å². The van der Waals surface area contributed by atoms with E-state index < -0.39 is 50.1 Å². The number of aliphatic hydroxyl groups is 1. The van der Waals surface area contributed by atoms with Crippen LogP contribution in [0.3, 0.4) is 0 Å². The number of hydrogen-bond donors (Lipinski definition) is 3. The van der Waals surface area contributed by atoms with Crippen molar-refractivity contribution in [2.75, 3.05) is 12.3 Å². The van der Waals surface area contributed by atoms with Gasteiger partial charge in [-0.15, -0.1) is 0 Å². The third-order valence-corrected chi connectivity index (χ3v) is 7.78. The number of carbonyl (C=O) groups is 2. The van der Waals surface area contributed by atoms with Crippen LogP contribution in [0.1, 0.15) is 39.3 Å². The summed E-state index contributed by atoms with van der Waals surface area (Å²) in [6.45, 7) is 2.88. The summed E-state index contributed by atoms with van der Waals surface area (Å²) >= 11 is 0. The second kappa shape index (κ2) is 13.8. The lowest BCUT2D eigenvalue weighted by atomic mass is 10.1. The number of nitrogen functional groups attached to an aromatic ring is 1. The number of carbonyl (C=O) groups excluding carboxylic acids is 2. The minimum atomic E-state index is -4.36. The molecule has 0 radical (unpaired) electrons. The predicted molar refractivity (Wildman–Crippen MR) is 149 cm³/mol. The molecule has 3 heterocycles. The SMILES string of the molecule is CC(C)OC(=O)[C@H](CCC(=O)C=[N+]=[N-])NP(=O)(OC[C@H]1O[C@@H](n2cnc3c(N)ccnc32)CC1O)Oc1ccccc1. The lowest BCUT2D eigenvalue weighted by Gasteiger charge is -2.26. The smallest absolute Gasteiger partial charge is 0.459 e. The van der Waals surface area contributed by atoms with Crippen molar-refractivity contribution in [3.63, 3.8) is 0 Å². The summed E-state index contributed by atoms with van der Waals surface area (Å²) in [5.41, 5.74) is 16.0. The van der Waals surface area contributed by atoms with Crippen molar-refractivity contribution in [2.45, 2.75) is 63.7 Å². The molecule has 42 heavy (non-hydrogen) atoms. The number of aliphatic hydroxyl groups excluding tert-OH is 1. The number of hydrogen-bond acceptors (Lipinski definition) is 11. The first-order valence-electron chi connectivity index (χ1n) is 13.2. The Hall–Kier alpha value is -3.97. The van der Waals surface area contributed by atoms with Gasteiger partial charge in [-0.25, -0.2) is 14.5 Å². The monoisotopic (exact) mass is 601 g/mol. The standard InChI is InChI=1S/C26H32N7O8P/c1-16(2)39-26(36)20(9-8-17(34)13-31-28)32-42(37,41-18-6-4-3-5-7-18)38-14-22-21(35)12-23(40-22)33-15-30-24-19(27)10-11-29-25(24)33/h3-7,10-11,13,15-16,20-23,35H,8-9,12,14H2,1-2H3,(H2,27,29)(H,32,37)/t20-,21?,22+,23+,42?/m0/s1. The van der Waals surface area contributed by atoms with Crippen LogP contribution >= 0.6 is 7.75 Å². The summed E-state index contributed by atoms with van der Waals surface area (Å²) < 4.78 is 38.4. The van der Waals surface area contributed by atoms with Crippen molar-refractivity contribution >= 4 is 42.6 Å². The van der Waals surface area contributed by atoms with Gasteiger partial charge in [0, 0.05) is 19.0 Å². The summed E-state index contributed by atoms with van der Waals surface area (Å²) in [5, 5.41) is 13.3. The number of benzene rings is 1. The van der Waals surface area contributed by atoms with E-state index in [1.807, 2.05) is 0 Å². The Bertz CT molecular complexity index is 1490. The number of esters is 1. The van der Waals surface area contributed by atoms with Gasteiger partial charge in [-0.3, -0.25) is 18.7 Å². The number of nitrogens with zero attached hydrogens (tertiary/aromatic N) is 5. The molecule has 4 rings (SSSR count).